The molecule has 106 valence electrons. The molecule has 20 heavy (non-hydrogen) atoms. The van der Waals surface area contributed by atoms with Crippen LogP contribution in [0.25, 0.3) is 0 Å². The lowest BCUT2D eigenvalue weighted by Crippen LogP contribution is -2.06. The van der Waals surface area contributed by atoms with E-state index in [1.165, 1.54) is 13.4 Å². The maximum atomic E-state index is 12.7. The van der Waals surface area contributed by atoms with Crippen LogP contribution in [0.3, 0.4) is 0 Å². The van der Waals surface area contributed by atoms with E-state index in [-0.39, 0.29) is 5.78 Å². The molecule has 0 aliphatic heterocycles. The Labute approximate surface area is 125 Å². The van der Waals surface area contributed by atoms with E-state index in [1.54, 1.807) is 25.3 Å². The number of carbonyl (C=O) groups is 1. The van der Waals surface area contributed by atoms with Crippen LogP contribution in [0.5, 0.6) is 11.5 Å². The molecule has 0 saturated carbocycles. The number of aryl methyl sites for hydroxylation is 1. The van der Waals surface area contributed by atoms with Crippen molar-refractivity contribution >= 4 is 21.7 Å². The van der Waals surface area contributed by atoms with Gasteiger partial charge in [0, 0.05) is 17.0 Å². The van der Waals surface area contributed by atoms with Gasteiger partial charge in [0.05, 0.1) is 31.6 Å². The Morgan fingerprint density at radius 1 is 1.30 bits per heavy atom. The quantitative estimate of drug-likeness (QED) is 0.777. The van der Waals surface area contributed by atoms with E-state index in [4.69, 9.17) is 13.9 Å². The highest BCUT2D eigenvalue weighted by Gasteiger charge is 2.22. The third-order valence-corrected chi connectivity index (χ3v) is 3.65. The Bertz CT molecular complexity index is 631. The number of ketones is 1. The fraction of sp³-hybridized carbons (Fsp3) is 0.267. The molecule has 0 fully saturated rings. The SMILES string of the molecule is CCc1occc1C(=O)c1c(Br)cc(OC)cc1OC. The van der Waals surface area contributed by atoms with Gasteiger partial charge in [0.25, 0.3) is 0 Å². The summed E-state index contributed by atoms with van der Waals surface area (Å²) in [4.78, 5) is 12.7. The Kier molecular flexibility index (Phi) is 4.49. The van der Waals surface area contributed by atoms with Crippen LogP contribution in [0, 0.1) is 0 Å². The first-order valence-electron chi connectivity index (χ1n) is 6.15. The Morgan fingerprint density at radius 2 is 2.05 bits per heavy atom. The highest BCUT2D eigenvalue weighted by Crippen LogP contribution is 2.34. The van der Waals surface area contributed by atoms with Gasteiger partial charge in [0.1, 0.15) is 17.3 Å². The number of carbonyl (C=O) groups excluding carboxylic acids is 1. The normalized spacial score (nSPS) is 10.4. The predicted octanol–water partition coefficient (Wildman–Crippen LogP) is 3.85. The molecule has 2 rings (SSSR count). The van der Waals surface area contributed by atoms with Gasteiger partial charge in [-0.05, 0) is 28.1 Å². The monoisotopic (exact) mass is 338 g/mol. The first-order chi connectivity index (χ1) is 9.62. The summed E-state index contributed by atoms with van der Waals surface area (Å²) in [5, 5.41) is 0. The van der Waals surface area contributed by atoms with Gasteiger partial charge in [0.15, 0.2) is 0 Å². The predicted molar refractivity (Wildman–Crippen MR) is 78.8 cm³/mol. The minimum absolute atomic E-state index is 0.137. The van der Waals surface area contributed by atoms with Gasteiger partial charge in [-0.15, -0.1) is 0 Å². The van der Waals surface area contributed by atoms with Crippen LogP contribution in [-0.2, 0) is 6.42 Å². The molecular formula is C15H15BrO4. The highest BCUT2D eigenvalue weighted by molar-refractivity contribution is 9.10. The smallest absolute Gasteiger partial charge is 0.201 e. The molecule has 0 saturated heterocycles. The van der Waals surface area contributed by atoms with E-state index in [9.17, 15) is 4.79 Å². The zero-order valence-corrected chi connectivity index (χ0v) is 13.1. The molecule has 0 amide bonds. The van der Waals surface area contributed by atoms with Gasteiger partial charge in [-0.1, -0.05) is 6.92 Å². The van der Waals surface area contributed by atoms with Gasteiger partial charge in [0.2, 0.25) is 5.78 Å². The van der Waals surface area contributed by atoms with E-state index >= 15 is 0 Å². The number of furan rings is 1. The fourth-order valence-corrected chi connectivity index (χ4v) is 2.61. The molecule has 0 aliphatic rings. The van der Waals surface area contributed by atoms with E-state index in [1.807, 2.05) is 6.92 Å². The topological polar surface area (TPSA) is 48.7 Å². The summed E-state index contributed by atoms with van der Waals surface area (Å²) in [5.74, 6) is 1.61. The van der Waals surface area contributed by atoms with Crippen molar-refractivity contribution in [1.82, 2.24) is 0 Å². The van der Waals surface area contributed by atoms with Crippen LogP contribution in [0.15, 0.2) is 33.4 Å². The van der Waals surface area contributed by atoms with Crippen LogP contribution in [0.2, 0.25) is 0 Å². The molecule has 0 atom stereocenters. The molecule has 1 aromatic carbocycles. The van der Waals surface area contributed by atoms with Crippen LogP contribution in [0.1, 0.15) is 28.6 Å². The standard InChI is InChI=1S/C15H15BrO4/c1-4-12-10(5-6-20-12)15(17)14-11(16)7-9(18-2)8-13(14)19-3/h5-8H,4H2,1-3H3. The zero-order chi connectivity index (χ0) is 14.7. The summed E-state index contributed by atoms with van der Waals surface area (Å²) in [7, 11) is 3.09. The largest absolute Gasteiger partial charge is 0.497 e. The molecule has 2 aromatic rings. The Balaban J connectivity index is 2.54. The van der Waals surface area contributed by atoms with Crippen molar-refractivity contribution in [2.75, 3.05) is 14.2 Å². The van der Waals surface area contributed by atoms with Crippen molar-refractivity contribution in [3.63, 3.8) is 0 Å². The fourth-order valence-electron chi connectivity index (χ4n) is 2.01. The molecule has 0 N–H and O–H groups in total. The third kappa shape index (κ3) is 2.58. The molecular weight excluding hydrogens is 324 g/mol. The van der Waals surface area contributed by atoms with Gasteiger partial charge >= 0.3 is 0 Å². The summed E-state index contributed by atoms with van der Waals surface area (Å²) in [6.45, 7) is 1.94. The average Bonchev–Trinajstić information content (AvgIpc) is 2.93. The molecule has 5 heteroatoms. The number of hydrogen-bond donors (Lipinski definition) is 0. The lowest BCUT2D eigenvalue weighted by molar-refractivity contribution is 0.103. The van der Waals surface area contributed by atoms with Gasteiger partial charge < -0.3 is 13.9 Å². The lowest BCUT2D eigenvalue weighted by Gasteiger charge is -2.12. The van der Waals surface area contributed by atoms with E-state index in [0.717, 1.165) is 0 Å². The summed E-state index contributed by atoms with van der Waals surface area (Å²) >= 11 is 3.40. The summed E-state index contributed by atoms with van der Waals surface area (Å²) < 4.78 is 16.4. The van der Waals surface area contributed by atoms with Crippen molar-refractivity contribution in [3.8, 4) is 11.5 Å². The number of hydrogen-bond acceptors (Lipinski definition) is 4. The second-order valence-corrected chi connectivity index (χ2v) is 4.98. The van der Waals surface area contributed by atoms with Gasteiger partial charge in [-0.2, -0.15) is 0 Å². The zero-order valence-electron chi connectivity index (χ0n) is 11.5. The van der Waals surface area contributed by atoms with E-state index in [2.05, 4.69) is 15.9 Å². The minimum Gasteiger partial charge on any atom is -0.497 e. The van der Waals surface area contributed by atoms with Crippen molar-refractivity contribution < 1.29 is 18.7 Å². The highest BCUT2D eigenvalue weighted by atomic mass is 79.9. The molecule has 0 radical (unpaired) electrons. The maximum Gasteiger partial charge on any atom is 0.201 e. The Morgan fingerprint density at radius 3 is 2.65 bits per heavy atom. The molecule has 0 aliphatic carbocycles. The average molecular weight is 339 g/mol. The lowest BCUT2D eigenvalue weighted by atomic mass is 10.0. The van der Waals surface area contributed by atoms with Crippen molar-refractivity contribution in [2.45, 2.75) is 13.3 Å². The van der Waals surface area contributed by atoms with Crippen molar-refractivity contribution in [3.05, 3.63) is 45.8 Å². The number of rotatable bonds is 5. The molecule has 4 nitrogen and oxygen atoms in total. The second-order valence-electron chi connectivity index (χ2n) is 4.13. The van der Waals surface area contributed by atoms with Crippen molar-refractivity contribution in [2.24, 2.45) is 0 Å². The number of methoxy groups -OCH3 is 2. The van der Waals surface area contributed by atoms with Crippen LogP contribution < -0.4 is 9.47 Å². The molecule has 1 heterocycles. The van der Waals surface area contributed by atoms with E-state index < -0.39 is 0 Å². The summed E-state index contributed by atoms with van der Waals surface area (Å²) in [6, 6.07) is 5.10. The first kappa shape index (κ1) is 14.7. The van der Waals surface area contributed by atoms with Crippen LogP contribution in [0.4, 0.5) is 0 Å². The van der Waals surface area contributed by atoms with Crippen molar-refractivity contribution in [1.29, 1.82) is 0 Å². The van der Waals surface area contributed by atoms with Crippen LogP contribution in [-0.4, -0.2) is 20.0 Å². The molecule has 0 unspecified atom stereocenters. The minimum atomic E-state index is -0.137. The maximum absolute atomic E-state index is 12.7. The number of ether oxygens (including phenoxy) is 2. The second kappa shape index (κ2) is 6.13. The van der Waals surface area contributed by atoms with Crippen LogP contribution >= 0.6 is 15.9 Å². The van der Waals surface area contributed by atoms with E-state index in [0.29, 0.717) is 39.3 Å². The van der Waals surface area contributed by atoms with Gasteiger partial charge in [-0.3, -0.25) is 4.79 Å². The third-order valence-electron chi connectivity index (χ3n) is 3.02. The number of halogens is 1. The molecule has 1 aromatic heterocycles. The Hall–Kier alpha value is -1.75. The first-order valence-corrected chi connectivity index (χ1v) is 6.94. The summed E-state index contributed by atoms with van der Waals surface area (Å²) in [5.41, 5.74) is 1.01. The molecule has 0 spiro atoms. The number of benzene rings is 1. The van der Waals surface area contributed by atoms with Gasteiger partial charge in [-0.25, -0.2) is 0 Å². The summed E-state index contributed by atoms with van der Waals surface area (Å²) in [6.07, 6.45) is 2.18. The molecule has 0 bridgehead atoms.